The van der Waals surface area contributed by atoms with E-state index in [-0.39, 0.29) is 17.6 Å². The average Bonchev–Trinajstić information content (AvgIpc) is 2.85. The van der Waals surface area contributed by atoms with Gasteiger partial charge in [-0.25, -0.2) is 0 Å². The molecule has 4 aliphatic rings. The molecule has 1 saturated heterocycles. The number of aliphatic hydroxyl groups is 1. The fourth-order valence-electron chi connectivity index (χ4n) is 5.90. The number of hydrogen-bond donors (Lipinski definition) is 1. The predicted octanol–water partition coefficient (Wildman–Crippen LogP) is 1.87. The molecule has 1 aromatic rings. The summed E-state index contributed by atoms with van der Waals surface area (Å²) in [6, 6.07) is 4.42. The molecule has 4 heteroatoms. The van der Waals surface area contributed by atoms with Crippen LogP contribution in [-0.4, -0.2) is 48.5 Å². The Morgan fingerprint density at radius 3 is 3.05 bits per heavy atom. The van der Waals surface area contributed by atoms with Crippen molar-refractivity contribution in [2.75, 3.05) is 20.7 Å². The minimum Gasteiger partial charge on any atom is -0.493 e. The molecular weight excluding hydrogens is 278 g/mol. The van der Waals surface area contributed by atoms with Crippen LogP contribution in [0.1, 0.15) is 36.8 Å². The molecule has 22 heavy (non-hydrogen) atoms. The van der Waals surface area contributed by atoms with Crippen molar-refractivity contribution in [3.05, 3.63) is 23.3 Å². The first kappa shape index (κ1) is 13.2. The maximum Gasteiger partial charge on any atom is 0.165 e. The lowest BCUT2D eigenvalue weighted by Crippen LogP contribution is -2.74. The van der Waals surface area contributed by atoms with Crippen molar-refractivity contribution in [2.45, 2.75) is 55.3 Å². The maximum atomic E-state index is 11.8. The van der Waals surface area contributed by atoms with E-state index in [2.05, 4.69) is 18.0 Å². The van der Waals surface area contributed by atoms with Crippen LogP contribution >= 0.6 is 0 Å². The minimum absolute atomic E-state index is 0.104. The van der Waals surface area contributed by atoms with Crippen molar-refractivity contribution in [1.82, 2.24) is 4.90 Å². The topological polar surface area (TPSA) is 41.9 Å². The van der Waals surface area contributed by atoms with Crippen molar-refractivity contribution in [2.24, 2.45) is 0 Å². The smallest absolute Gasteiger partial charge is 0.165 e. The minimum atomic E-state index is -0.659. The summed E-state index contributed by atoms with van der Waals surface area (Å²) in [6.45, 7) is 1.03. The number of piperidine rings is 1. The number of likely N-dealkylation sites (tertiary alicyclic amines) is 1. The Morgan fingerprint density at radius 1 is 1.36 bits per heavy atom. The SMILES string of the molecule is COc1ccc2c3c1OC1CCCC4(O)C(C2)N(C)CCC314. The van der Waals surface area contributed by atoms with Crippen molar-refractivity contribution >= 4 is 0 Å². The lowest BCUT2D eigenvalue weighted by atomic mass is 9.49. The lowest BCUT2D eigenvalue weighted by Gasteiger charge is -2.62. The first-order valence-electron chi connectivity index (χ1n) is 8.41. The van der Waals surface area contributed by atoms with Crippen LogP contribution in [0.25, 0.3) is 0 Å². The van der Waals surface area contributed by atoms with Gasteiger partial charge in [0, 0.05) is 11.6 Å². The highest BCUT2D eigenvalue weighted by molar-refractivity contribution is 5.62. The lowest BCUT2D eigenvalue weighted by molar-refractivity contribution is -0.180. The third-order valence-electron chi connectivity index (χ3n) is 6.84. The third kappa shape index (κ3) is 1.21. The summed E-state index contributed by atoms with van der Waals surface area (Å²) in [5.41, 5.74) is 1.73. The van der Waals surface area contributed by atoms with Crippen LogP contribution in [0.3, 0.4) is 0 Å². The number of ether oxygens (including phenoxy) is 2. The molecule has 1 saturated carbocycles. The molecule has 2 heterocycles. The zero-order chi connectivity index (χ0) is 15.1. The van der Waals surface area contributed by atoms with E-state index in [9.17, 15) is 5.11 Å². The number of hydrogen-bond acceptors (Lipinski definition) is 4. The Hall–Kier alpha value is -1.26. The molecule has 4 nitrogen and oxygen atoms in total. The van der Waals surface area contributed by atoms with Crippen LogP contribution in [0, 0.1) is 0 Å². The van der Waals surface area contributed by atoms with Crippen LogP contribution in [-0.2, 0) is 11.8 Å². The summed E-state index contributed by atoms with van der Waals surface area (Å²) in [5.74, 6) is 1.73. The average molecular weight is 301 g/mol. The maximum absolute atomic E-state index is 11.8. The van der Waals surface area contributed by atoms with E-state index in [0.717, 1.165) is 50.1 Å². The summed E-state index contributed by atoms with van der Waals surface area (Å²) < 4.78 is 11.9. The summed E-state index contributed by atoms with van der Waals surface area (Å²) in [5, 5.41) is 11.8. The Morgan fingerprint density at radius 2 is 2.23 bits per heavy atom. The van der Waals surface area contributed by atoms with Crippen molar-refractivity contribution < 1.29 is 14.6 Å². The Bertz CT molecular complexity index is 660. The zero-order valence-corrected chi connectivity index (χ0v) is 13.3. The monoisotopic (exact) mass is 301 g/mol. The second-order valence-corrected chi connectivity index (χ2v) is 7.48. The zero-order valence-electron chi connectivity index (χ0n) is 13.3. The van der Waals surface area contributed by atoms with Crippen LogP contribution in [0.4, 0.5) is 0 Å². The van der Waals surface area contributed by atoms with Gasteiger partial charge < -0.3 is 19.5 Å². The Balaban J connectivity index is 1.84. The molecule has 2 bridgehead atoms. The summed E-state index contributed by atoms with van der Waals surface area (Å²) in [6.07, 6.45) is 4.96. The normalized spacial score (nSPS) is 41.8. The van der Waals surface area contributed by atoms with Gasteiger partial charge in [0.05, 0.1) is 18.1 Å². The van der Waals surface area contributed by atoms with E-state index in [4.69, 9.17) is 9.47 Å². The molecular formula is C18H23NO3. The number of rotatable bonds is 1. The molecule has 0 radical (unpaired) electrons. The van der Waals surface area contributed by atoms with Gasteiger partial charge in [0.15, 0.2) is 11.5 Å². The molecule has 1 spiro atoms. The van der Waals surface area contributed by atoms with Crippen LogP contribution in [0.2, 0.25) is 0 Å². The fourth-order valence-corrected chi connectivity index (χ4v) is 5.90. The number of likely N-dealkylation sites (N-methyl/N-ethyl adjacent to an activating group) is 1. The number of benzene rings is 1. The summed E-state index contributed by atoms with van der Waals surface area (Å²) in [4.78, 5) is 2.36. The predicted molar refractivity (Wildman–Crippen MR) is 82.6 cm³/mol. The van der Waals surface area contributed by atoms with Gasteiger partial charge in [0.2, 0.25) is 0 Å². The highest BCUT2D eigenvalue weighted by Gasteiger charge is 2.70. The van der Waals surface area contributed by atoms with E-state index < -0.39 is 5.60 Å². The second kappa shape index (κ2) is 3.98. The first-order chi connectivity index (χ1) is 10.6. The van der Waals surface area contributed by atoms with Gasteiger partial charge in [-0.1, -0.05) is 6.07 Å². The van der Waals surface area contributed by atoms with Crippen LogP contribution < -0.4 is 9.47 Å². The van der Waals surface area contributed by atoms with E-state index >= 15 is 0 Å². The molecule has 5 rings (SSSR count). The van der Waals surface area contributed by atoms with Gasteiger partial charge in [-0.05, 0) is 57.3 Å². The number of nitrogens with zero attached hydrogens (tertiary/aromatic N) is 1. The van der Waals surface area contributed by atoms with E-state index in [1.54, 1.807) is 7.11 Å². The third-order valence-corrected chi connectivity index (χ3v) is 6.84. The van der Waals surface area contributed by atoms with E-state index in [1.165, 1.54) is 11.1 Å². The van der Waals surface area contributed by atoms with Gasteiger partial charge in [0.1, 0.15) is 6.10 Å². The van der Waals surface area contributed by atoms with E-state index in [0.29, 0.717) is 0 Å². The molecule has 4 atom stereocenters. The van der Waals surface area contributed by atoms with Crippen molar-refractivity contribution in [3.8, 4) is 11.5 Å². The summed E-state index contributed by atoms with van der Waals surface area (Å²) >= 11 is 0. The van der Waals surface area contributed by atoms with Crippen molar-refractivity contribution in [1.29, 1.82) is 0 Å². The quantitative estimate of drug-likeness (QED) is 0.860. The van der Waals surface area contributed by atoms with Crippen LogP contribution in [0.5, 0.6) is 11.5 Å². The van der Waals surface area contributed by atoms with Gasteiger partial charge in [-0.15, -0.1) is 0 Å². The first-order valence-corrected chi connectivity index (χ1v) is 8.41. The molecule has 4 unspecified atom stereocenters. The standard InChI is InChI=1S/C18H23NO3/c1-19-9-8-17-14-4-3-7-18(17,20)13(19)10-11-5-6-12(21-2)16(22-14)15(11)17/h5-6,13-14,20H,3-4,7-10H2,1-2H3. The second-order valence-electron chi connectivity index (χ2n) is 7.48. The molecule has 2 aliphatic heterocycles. The molecule has 0 amide bonds. The summed E-state index contributed by atoms with van der Waals surface area (Å²) in [7, 11) is 3.86. The largest absolute Gasteiger partial charge is 0.493 e. The molecule has 2 aliphatic carbocycles. The fraction of sp³-hybridized carbons (Fsp3) is 0.667. The number of methoxy groups -OCH3 is 1. The van der Waals surface area contributed by atoms with E-state index in [1.807, 2.05) is 6.07 Å². The van der Waals surface area contributed by atoms with Crippen LogP contribution in [0.15, 0.2) is 12.1 Å². The van der Waals surface area contributed by atoms with Gasteiger partial charge >= 0.3 is 0 Å². The molecule has 118 valence electrons. The highest BCUT2D eigenvalue weighted by Crippen LogP contribution is 2.65. The molecule has 2 fully saturated rings. The Kier molecular flexibility index (Phi) is 2.39. The van der Waals surface area contributed by atoms with Gasteiger partial charge in [-0.2, -0.15) is 0 Å². The van der Waals surface area contributed by atoms with Gasteiger partial charge in [-0.3, -0.25) is 0 Å². The molecule has 0 aromatic heterocycles. The van der Waals surface area contributed by atoms with Gasteiger partial charge in [0.25, 0.3) is 0 Å². The molecule has 1 N–H and O–H groups in total. The molecule has 1 aromatic carbocycles. The van der Waals surface area contributed by atoms with Crippen molar-refractivity contribution in [3.63, 3.8) is 0 Å². The highest BCUT2D eigenvalue weighted by atomic mass is 16.5. The Labute approximate surface area is 131 Å².